The molecule has 2 aromatic heterocycles. The van der Waals surface area contributed by atoms with Gasteiger partial charge in [-0.2, -0.15) is 5.10 Å². The zero-order valence-electron chi connectivity index (χ0n) is 8.06. The molecule has 0 unspecified atom stereocenters. The van der Waals surface area contributed by atoms with Crippen LogP contribution in [0.2, 0.25) is 0 Å². The average Bonchev–Trinajstić information content (AvgIpc) is 2.71. The van der Waals surface area contributed by atoms with Gasteiger partial charge in [0.1, 0.15) is 0 Å². The normalized spacial score (nSPS) is 10.8. The Kier molecular flexibility index (Phi) is 2.35. The highest BCUT2D eigenvalue weighted by Gasteiger charge is 2.07. The minimum atomic E-state index is -0.0181. The summed E-state index contributed by atoms with van der Waals surface area (Å²) in [6, 6.07) is 2.00. The number of nitrogens with zero attached hydrogens (tertiary/aromatic N) is 3. The summed E-state index contributed by atoms with van der Waals surface area (Å²) in [6.45, 7) is 3.92. The fourth-order valence-corrected chi connectivity index (χ4v) is 2.11. The van der Waals surface area contributed by atoms with Crippen LogP contribution in [0.25, 0.3) is 5.13 Å². The van der Waals surface area contributed by atoms with Gasteiger partial charge in [0.05, 0.1) is 18.0 Å². The molecule has 4 nitrogen and oxygen atoms in total. The van der Waals surface area contributed by atoms with Crippen molar-refractivity contribution >= 4 is 11.3 Å². The van der Waals surface area contributed by atoms with Crippen molar-refractivity contribution in [3.63, 3.8) is 0 Å². The van der Waals surface area contributed by atoms with Crippen molar-refractivity contribution in [3.05, 3.63) is 28.5 Å². The second-order valence-electron chi connectivity index (χ2n) is 3.12. The van der Waals surface area contributed by atoms with Gasteiger partial charge in [-0.05, 0) is 19.9 Å². The van der Waals surface area contributed by atoms with E-state index in [1.54, 1.807) is 4.68 Å². The summed E-state index contributed by atoms with van der Waals surface area (Å²) in [5, 5.41) is 15.8. The first-order valence-electron chi connectivity index (χ1n) is 4.29. The molecular formula is C9H11N3OS. The Hall–Kier alpha value is -1.20. The molecule has 0 spiro atoms. The second kappa shape index (κ2) is 3.51. The van der Waals surface area contributed by atoms with Gasteiger partial charge >= 0.3 is 0 Å². The third kappa shape index (κ3) is 1.56. The smallest absolute Gasteiger partial charge is 0.210 e. The van der Waals surface area contributed by atoms with Crippen molar-refractivity contribution in [2.75, 3.05) is 0 Å². The molecule has 2 aromatic rings. The largest absolute Gasteiger partial charge is 0.390 e. The van der Waals surface area contributed by atoms with Gasteiger partial charge in [-0.15, -0.1) is 11.3 Å². The molecule has 1 N–H and O–H groups in total. The van der Waals surface area contributed by atoms with Gasteiger partial charge in [-0.3, -0.25) is 0 Å². The van der Waals surface area contributed by atoms with E-state index in [0.29, 0.717) is 5.69 Å². The van der Waals surface area contributed by atoms with Crippen LogP contribution in [0.1, 0.15) is 17.1 Å². The van der Waals surface area contributed by atoms with Gasteiger partial charge in [-0.1, -0.05) is 0 Å². The van der Waals surface area contributed by atoms with Crippen LogP contribution in [0.4, 0.5) is 0 Å². The van der Waals surface area contributed by atoms with Crippen LogP contribution in [0.15, 0.2) is 11.4 Å². The van der Waals surface area contributed by atoms with E-state index in [1.807, 2.05) is 25.3 Å². The van der Waals surface area contributed by atoms with Crippen LogP contribution < -0.4 is 0 Å². The molecule has 0 aromatic carbocycles. The lowest BCUT2D eigenvalue weighted by molar-refractivity contribution is 0.277. The van der Waals surface area contributed by atoms with Crippen LogP contribution in [-0.4, -0.2) is 19.9 Å². The van der Waals surface area contributed by atoms with Crippen LogP contribution in [0.3, 0.4) is 0 Å². The van der Waals surface area contributed by atoms with Crippen molar-refractivity contribution in [3.8, 4) is 5.13 Å². The average molecular weight is 209 g/mol. The zero-order valence-corrected chi connectivity index (χ0v) is 8.88. The summed E-state index contributed by atoms with van der Waals surface area (Å²) in [5.74, 6) is 0. The number of aliphatic hydroxyl groups excluding tert-OH is 1. The number of aliphatic hydroxyl groups is 1. The summed E-state index contributed by atoms with van der Waals surface area (Å²) in [6.07, 6.45) is 0. The predicted molar refractivity (Wildman–Crippen MR) is 54.6 cm³/mol. The summed E-state index contributed by atoms with van der Waals surface area (Å²) in [4.78, 5) is 4.24. The first kappa shape index (κ1) is 9.36. The van der Waals surface area contributed by atoms with Crippen LogP contribution >= 0.6 is 11.3 Å². The molecule has 14 heavy (non-hydrogen) atoms. The fourth-order valence-electron chi connectivity index (χ4n) is 1.29. The van der Waals surface area contributed by atoms with Crippen molar-refractivity contribution in [2.45, 2.75) is 20.5 Å². The first-order chi connectivity index (χ1) is 6.70. The number of hydrogen-bond acceptors (Lipinski definition) is 4. The Labute approximate surface area is 85.8 Å². The van der Waals surface area contributed by atoms with Crippen molar-refractivity contribution in [1.82, 2.24) is 14.8 Å². The minimum Gasteiger partial charge on any atom is -0.390 e. The number of aryl methyl sites for hydroxylation is 2. The maximum atomic E-state index is 8.89. The molecule has 0 aliphatic rings. The van der Waals surface area contributed by atoms with Crippen molar-refractivity contribution in [1.29, 1.82) is 0 Å². The topological polar surface area (TPSA) is 50.9 Å². The Bertz CT molecular complexity index is 447. The molecular weight excluding hydrogens is 198 g/mol. The van der Waals surface area contributed by atoms with E-state index < -0.39 is 0 Å². The molecule has 0 atom stereocenters. The SMILES string of the molecule is Cc1cc(C)n(-c2nc(CO)cs2)n1. The molecule has 74 valence electrons. The van der Waals surface area contributed by atoms with Gasteiger partial charge in [0.15, 0.2) is 0 Å². The standard InChI is InChI=1S/C9H11N3OS/c1-6-3-7(2)12(11-6)9-10-8(4-13)5-14-9/h3,5,13H,4H2,1-2H3. The van der Waals surface area contributed by atoms with Gasteiger partial charge < -0.3 is 5.11 Å². The van der Waals surface area contributed by atoms with Crippen LogP contribution in [0.5, 0.6) is 0 Å². The highest BCUT2D eigenvalue weighted by atomic mass is 32.1. The Morgan fingerprint density at radius 1 is 1.50 bits per heavy atom. The maximum absolute atomic E-state index is 8.89. The third-order valence-corrected chi connectivity index (χ3v) is 2.76. The quantitative estimate of drug-likeness (QED) is 0.814. The molecule has 2 heterocycles. The summed E-state index contributed by atoms with van der Waals surface area (Å²) >= 11 is 1.48. The second-order valence-corrected chi connectivity index (χ2v) is 3.95. The Balaban J connectivity index is 2.43. The first-order valence-corrected chi connectivity index (χ1v) is 5.17. The highest BCUT2D eigenvalue weighted by molar-refractivity contribution is 7.12. The lowest BCUT2D eigenvalue weighted by Crippen LogP contribution is -1.98. The third-order valence-electron chi connectivity index (χ3n) is 1.89. The van der Waals surface area contributed by atoms with Crippen LogP contribution in [-0.2, 0) is 6.61 Å². The van der Waals surface area contributed by atoms with Gasteiger partial charge in [0, 0.05) is 11.1 Å². The van der Waals surface area contributed by atoms with Crippen molar-refractivity contribution < 1.29 is 5.11 Å². The predicted octanol–water partition coefficient (Wildman–Crippen LogP) is 1.44. The lowest BCUT2D eigenvalue weighted by atomic mass is 10.4. The summed E-state index contributed by atoms with van der Waals surface area (Å²) < 4.78 is 1.79. The van der Waals surface area contributed by atoms with E-state index in [0.717, 1.165) is 16.5 Å². The summed E-state index contributed by atoms with van der Waals surface area (Å²) in [5.41, 5.74) is 2.72. The number of rotatable bonds is 2. The Morgan fingerprint density at radius 2 is 2.29 bits per heavy atom. The van der Waals surface area contributed by atoms with E-state index in [1.165, 1.54) is 11.3 Å². The molecule has 5 heteroatoms. The van der Waals surface area contributed by atoms with Crippen LogP contribution in [0, 0.1) is 13.8 Å². The summed E-state index contributed by atoms with van der Waals surface area (Å²) in [7, 11) is 0. The molecule has 0 amide bonds. The molecule has 0 saturated carbocycles. The molecule has 0 aliphatic carbocycles. The molecule has 0 bridgehead atoms. The van der Waals surface area contributed by atoms with E-state index in [2.05, 4.69) is 10.1 Å². The highest BCUT2D eigenvalue weighted by Crippen LogP contribution is 2.16. The van der Waals surface area contributed by atoms with Crippen molar-refractivity contribution in [2.24, 2.45) is 0 Å². The monoisotopic (exact) mass is 209 g/mol. The van der Waals surface area contributed by atoms with Gasteiger partial charge in [-0.25, -0.2) is 9.67 Å². The van der Waals surface area contributed by atoms with Gasteiger partial charge in [0.2, 0.25) is 5.13 Å². The van der Waals surface area contributed by atoms with E-state index in [4.69, 9.17) is 5.11 Å². The maximum Gasteiger partial charge on any atom is 0.210 e. The molecule has 0 radical (unpaired) electrons. The molecule has 0 saturated heterocycles. The fraction of sp³-hybridized carbons (Fsp3) is 0.333. The Morgan fingerprint density at radius 3 is 2.79 bits per heavy atom. The number of thiazole rings is 1. The number of hydrogen-bond donors (Lipinski definition) is 1. The van der Waals surface area contributed by atoms with E-state index >= 15 is 0 Å². The number of aromatic nitrogens is 3. The molecule has 2 rings (SSSR count). The lowest BCUT2D eigenvalue weighted by Gasteiger charge is -1.96. The minimum absolute atomic E-state index is 0.0181. The van der Waals surface area contributed by atoms with E-state index in [9.17, 15) is 0 Å². The molecule has 0 fully saturated rings. The van der Waals surface area contributed by atoms with E-state index in [-0.39, 0.29) is 6.61 Å². The van der Waals surface area contributed by atoms with Gasteiger partial charge in [0.25, 0.3) is 0 Å². The zero-order chi connectivity index (χ0) is 10.1. The molecule has 0 aliphatic heterocycles.